The summed E-state index contributed by atoms with van der Waals surface area (Å²) in [4.78, 5) is 23.2. The minimum absolute atomic E-state index is 0.168. The van der Waals surface area contributed by atoms with E-state index in [-0.39, 0.29) is 11.6 Å². The van der Waals surface area contributed by atoms with Gasteiger partial charge in [-0.1, -0.05) is 6.07 Å². The van der Waals surface area contributed by atoms with E-state index in [1.54, 1.807) is 17.5 Å². The van der Waals surface area contributed by atoms with Crippen molar-refractivity contribution < 1.29 is 14.7 Å². The largest absolute Gasteiger partial charge is 0.479 e. The molecule has 0 saturated heterocycles. The van der Waals surface area contributed by atoms with Crippen molar-refractivity contribution in [1.82, 2.24) is 15.5 Å². The number of hydrogen-bond acceptors (Lipinski definition) is 6. The highest BCUT2D eigenvalue weighted by Gasteiger charge is 2.21. The first-order chi connectivity index (χ1) is 9.61. The van der Waals surface area contributed by atoms with Crippen LogP contribution in [0.5, 0.6) is 0 Å². The zero-order chi connectivity index (χ0) is 14.5. The van der Waals surface area contributed by atoms with E-state index in [9.17, 15) is 14.7 Å². The molecule has 0 bridgehead atoms. The molecule has 2 heterocycles. The van der Waals surface area contributed by atoms with Gasteiger partial charge in [-0.25, -0.2) is 4.79 Å². The van der Waals surface area contributed by atoms with Crippen LogP contribution >= 0.6 is 11.3 Å². The second-order valence-electron chi connectivity index (χ2n) is 3.81. The molecule has 8 heteroatoms. The molecule has 3 N–H and O–H groups in total. The first kappa shape index (κ1) is 13.9. The normalized spacial score (nSPS) is 11.7. The fourth-order valence-electron chi connectivity index (χ4n) is 1.52. The van der Waals surface area contributed by atoms with Crippen molar-refractivity contribution in [2.45, 2.75) is 6.04 Å². The maximum Gasteiger partial charge on any atom is 0.331 e. The molecule has 0 saturated carbocycles. The summed E-state index contributed by atoms with van der Waals surface area (Å²) in [6, 6.07) is 5.60. The zero-order valence-electron chi connectivity index (χ0n) is 10.5. The van der Waals surface area contributed by atoms with Crippen LogP contribution in [-0.2, 0) is 4.79 Å². The van der Waals surface area contributed by atoms with Gasteiger partial charge in [0.25, 0.3) is 5.91 Å². The number of anilines is 1. The predicted molar refractivity (Wildman–Crippen MR) is 73.7 cm³/mol. The fourth-order valence-corrected chi connectivity index (χ4v) is 2.28. The van der Waals surface area contributed by atoms with E-state index in [2.05, 4.69) is 20.8 Å². The van der Waals surface area contributed by atoms with Crippen LogP contribution in [0.25, 0.3) is 0 Å². The quantitative estimate of drug-likeness (QED) is 0.763. The SMILES string of the molecule is CNC(=O)c1ccc(NC(C(=O)O)c2cccs2)nn1. The highest BCUT2D eigenvalue weighted by Crippen LogP contribution is 2.22. The molecule has 0 fully saturated rings. The van der Waals surface area contributed by atoms with Crippen molar-refractivity contribution in [3.05, 3.63) is 40.2 Å². The lowest BCUT2D eigenvalue weighted by Gasteiger charge is -2.13. The number of hydrogen-bond donors (Lipinski definition) is 3. The summed E-state index contributed by atoms with van der Waals surface area (Å²) in [7, 11) is 1.49. The van der Waals surface area contributed by atoms with Gasteiger partial charge in [-0.3, -0.25) is 4.79 Å². The van der Waals surface area contributed by atoms with Crippen LogP contribution in [0.4, 0.5) is 5.82 Å². The number of nitrogens with zero attached hydrogens (tertiary/aromatic N) is 2. The molecule has 0 aliphatic carbocycles. The predicted octanol–water partition coefficient (Wildman–Crippen LogP) is 1.14. The molecule has 0 radical (unpaired) electrons. The van der Waals surface area contributed by atoms with E-state index < -0.39 is 12.0 Å². The molecule has 1 atom stereocenters. The standard InChI is InChI=1S/C12H12N4O3S/c1-13-11(17)7-4-5-9(16-15-7)14-10(12(18)19)8-3-2-6-20-8/h2-6,10H,1H3,(H,13,17)(H,14,16)(H,18,19). The third-order valence-corrected chi connectivity index (χ3v) is 3.43. The second kappa shape index (κ2) is 6.11. The van der Waals surface area contributed by atoms with Crippen molar-refractivity contribution >= 4 is 29.0 Å². The van der Waals surface area contributed by atoms with Gasteiger partial charge < -0.3 is 15.7 Å². The van der Waals surface area contributed by atoms with E-state index >= 15 is 0 Å². The Morgan fingerprint density at radius 3 is 2.60 bits per heavy atom. The number of carboxylic acids is 1. The smallest absolute Gasteiger partial charge is 0.331 e. The summed E-state index contributed by atoms with van der Waals surface area (Å²) in [6.45, 7) is 0. The van der Waals surface area contributed by atoms with Gasteiger partial charge in [0.05, 0.1) is 0 Å². The number of carbonyl (C=O) groups is 2. The van der Waals surface area contributed by atoms with Gasteiger partial charge in [-0.2, -0.15) is 0 Å². The van der Waals surface area contributed by atoms with E-state index in [1.165, 1.54) is 30.5 Å². The number of thiophene rings is 1. The molecule has 0 aliphatic heterocycles. The van der Waals surface area contributed by atoms with Crippen LogP contribution in [0.2, 0.25) is 0 Å². The Kier molecular flexibility index (Phi) is 4.26. The maximum atomic E-state index is 11.3. The van der Waals surface area contributed by atoms with Crippen LogP contribution in [0.1, 0.15) is 21.4 Å². The molecule has 7 nitrogen and oxygen atoms in total. The molecule has 1 unspecified atom stereocenters. The number of carbonyl (C=O) groups excluding carboxylic acids is 1. The third-order valence-electron chi connectivity index (χ3n) is 2.49. The lowest BCUT2D eigenvalue weighted by Crippen LogP contribution is -2.22. The molecule has 20 heavy (non-hydrogen) atoms. The summed E-state index contributed by atoms with van der Waals surface area (Å²) >= 11 is 1.33. The number of aromatic nitrogens is 2. The lowest BCUT2D eigenvalue weighted by molar-refractivity contribution is -0.138. The number of nitrogens with one attached hydrogen (secondary N) is 2. The summed E-state index contributed by atoms with van der Waals surface area (Å²) in [5.41, 5.74) is 0.168. The Hall–Kier alpha value is -2.48. The number of rotatable bonds is 5. The van der Waals surface area contributed by atoms with Crippen LogP contribution in [0, 0.1) is 0 Å². The van der Waals surface area contributed by atoms with Crippen LogP contribution < -0.4 is 10.6 Å². The molecular formula is C12H12N4O3S. The highest BCUT2D eigenvalue weighted by molar-refractivity contribution is 7.10. The Labute approximate surface area is 118 Å². The summed E-state index contributed by atoms with van der Waals surface area (Å²) in [5, 5.41) is 23.7. The fraction of sp³-hybridized carbons (Fsp3) is 0.167. The molecule has 0 aliphatic rings. The zero-order valence-corrected chi connectivity index (χ0v) is 11.3. The van der Waals surface area contributed by atoms with Crippen molar-refractivity contribution in [3.63, 3.8) is 0 Å². The average Bonchev–Trinajstić information content (AvgIpc) is 2.98. The van der Waals surface area contributed by atoms with Gasteiger partial charge in [-0.05, 0) is 23.6 Å². The van der Waals surface area contributed by atoms with Crippen LogP contribution in [0.3, 0.4) is 0 Å². The van der Waals surface area contributed by atoms with E-state index in [0.717, 1.165) is 0 Å². The van der Waals surface area contributed by atoms with Gasteiger partial charge in [0.2, 0.25) is 0 Å². The molecule has 2 rings (SSSR count). The Bertz CT molecular complexity index is 598. The minimum atomic E-state index is -1.01. The molecule has 0 spiro atoms. The van der Waals surface area contributed by atoms with Gasteiger partial charge in [0.1, 0.15) is 5.82 Å². The van der Waals surface area contributed by atoms with Gasteiger partial charge >= 0.3 is 5.97 Å². The van der Waals surface area contributed by atoms with E-state index in [1.807, 2.05) is 0 Å². The minimum Gasteiger partial charge on any atom is -0.479 e. The molecule has 2 aromatic heterocycles. The highest BCUT2D eigenvalue weighted by atomic mass is 32.1. The van der Waals surface area contributed by atoms with Gasteiger partial charge in [0, 0.05) is 11.9 Å². The number of aliphatic carboxylic acids is 1. The summed E-state index contributed by atoms with van der Waals surface area (Å²) in [6.07, 6.45) is 0. The Morgan fingerprint density at radius 1 is 1.30 bits per heavy atom. The monoisotopic (exact) mass is 292 g/mol. The average molecular weight is 292 g/mol. The van der Waals surface area contributed by atoms with Crippen molar-refractivity contribution in [2.75, 3.05) is 12.4 Å². The second-order valence-corrected chi connectivity index (χ2v) is 4.79. The summed E-state index contributed by atoms with van der Waals surface area (Å²) in [5.74, 6) is -1.07. The molecule has 2 aromatic rings. The van der Waals surface area contributed by atoms with E-state index in [0.29, 0.717) is 10.7 Å². The molecule has 1 amide bonds. The van der Waals surface area contributed by atoms with Gasteiger partial charge in [-0.15, -0.1) is 21.5 Å². The Morgan fingerprint density at radius 2 is 2.10 bits per heavy atom. The first-order valence-electron chi connectivity index (χ1n) is 5.70. The van der Waals surface area contributed by atoms with Crippen LogP contribution in [-0.4, -0.2) is 34.2 Å². The number of amides is 1. The molecule has 0 aromatic carbocycles. The maximum absolute atomic E-state index is 11.3. The van der Waals surface area contributed by atoms with Gasteiger partial charge in [0.15, 0.2) is 11.7 Å². The molecule has 104 valence electrons. The van der Waals surface area contributed by atoms with Crippen molar-refractivity contribution in [3.8, 4) is 0 Å². The Balaban J connectivity index is 2.15. The number of carboxylic acid groups (broad SMARTS) is 1. The van der Waals surface area contributed by atoms with Crippen LogP contribution in [0.15, 0.2) is 29.6 Å². The first-order valence-corrected chi connectivity index (χ1v) is 6.58. The summed E-state index contributed by atoms with van der Waals surface area (Å²) < 4.78 is 0. The lowest BCUT2D eigenvalue weighted by atomic mass is 10.2. The van der Waals surface area contributed by atoms with Crippen molar-refractivity contribution in [2.24, 2.45) is 0 Å². The molecular weight excluding hydrogens is 280 g/mol. The topological polar surface area (TPSA) is 104 Å². The third kappa shape index (κ3) is 3.09. The van der Waals surface area contributed by atoms with E-state index in [4.69, 9.17) is 0 Å². The van der Waals surface area contributed by atoms with Crippen molar-refractivity contribution in [1.29, 1.82) is 0 Å².